The second-order valence-corrected chi connectivity index (χ2v) is 7.37. The summed E-state index contributed by atoms with van der Waals surface area (Å²) in [7, 11) is 0. The van der Waals surface area contributed by atoms with Crippen molar-refractivity contribution in [3.63, 3.8) is 0 Å². The van der Waals surface area contributed by atoms with Crippen molar-refractivity contribution < 1.29 is 0 Å². The van der Waals surface area contributed by atoms with E-state index in [2.05, 4.69) is 45.0 Å². The van der Waals surface area contributed by atoms with Crippen LogP contribution in [0, 0.1) is 0 Å². The molecule has 0 aliphatic rings. The average molecular weight is 306 g/mol. The first-order valence-electron chi connectivity index (χ1n) is 6.63. The van der Waals surface area contributed by atoms with Crippen LogP contribution in [0.25, 0.3) is 0 Å². The van der Waals surface area contributed by atoms with Gasteiger partial charge in [0.2, 0.25) is 0 Å². The van der Waals surface area contributed by atoms with Gasteiger partial charge in [0.1, 0.15) is 0 Å². The van der Waals surface area contributed by atoms with E-state index in [9.17, 15) is 0 Å². The molecule has 2 N–H and O–H groups in total. The van der Waals surface area contributed by atoms with Crippen LogP contribution in [0.15, 0.2) is 47.4 Å². The molecule has 0 amide bonds. The quantitative estimate of drug-likeness (QED) is 0.597. The van der Waals surface area contributed by atoms with Gasteiger partial charge in [-0.2, -0.15) is 0 Å². The number of anilines is 1. The Morgan fingerprint density at radius 2 is 1.70 bits per heavy atom. The first kappa shape index (κ1) is 15.3. The smallest absolute Gasteiger partial charge is 0.0635 e. The normalized spacial score (nSPS) is 11.6. The predicted octanol–water partition coefficient (Wildman–Crippen LogP) is 5.51. The third kappa shape index (κ3) is 3.94. The van der Waals surface area contributed by atoms with Crippen molar-refractivity contribution in [1.82, 2.24) is 0 Å². The Morgan fingerprint density at radius 1 is 1.05 bits per heavy atom. The second-order valence-electron chi connectivity index (χ2n) is 5.92. The lowest BCUT2D eigenvalue weighted by atomic mass is 9.87. The standard InChI is InChI=1S/C17H20ClNS/c1-17(2,3)13-5-7-14(8-6-13)20-11-12-4-9-15(18)16(19)10-12/h4-10H,11,19H2,1-3H3. The van der Waals surface area contributed by atoms with Crippen molar-refractivity contribution in [3.05, 3.63) is 58.6 Å². The fraction of sp³-hybridized carbons (Fsp3) is 0.294. The maximum atomic E-state index is 5.93. The summed E-state index contributed by atoms with van der Waals surface area (Å²) < 4.78 is 0. The lowest BCUT2D eigenvalue weighted by Gasteiger charge is -2.19. The number of nitrogen functional groups attached to an aromatic ring is 1. The number of benzene rings is 2. The Balaban J connectivity index is 2.02. The molecule has 106 valence electrons. The van der Waals surface area contributed by atoms with Crippen LogP contribution in [0.5, 0.6) is 0 Å². The Kier molecular flexibility index (Phi) is 4.66. The summed E-state index contributed by atoms with van der Waals surface area (Å²) in [5.74, 6) is 0.899. The lowest BCUT2D eigenvalue weighted by Crippen LogP contribution is -2.10. The summed E-state index contributed by atoms with van der Waals surface area (Å²) in [5, 5.41) is 0.619. The lowest BCUT2D eigenvalue weighted by molar-refractivity contribution is 0.590. The number of thioether (sulfide) groups is 1. The van der Waals surface area contributed by atoms with Gasteiger partial charge in [0.25, 0.3) is 0 Å². The average Bonchev–Trinajstić information content (AvgIpc) is 2.40. The van der Waals surface area contributed by atoms with Gasteiger partial charge in [0, 0.05) is 10.6 Å². The Morgan fingerprint density at radius 3 is 2.25 bits per heavy atom. The van der Waals surface area contributed by atoms with Crippen LogP contribution in [0.3, 0.4) is 0 Å². The molecule has 1 nitrogen and oxygen atoms in total. The molecule has 0 unspecified atom stereocenters. The number of hydrogen-bond donors (Lipinski definition) is 1. The third-order valence-electron chi connectivity index (χ3n) is 3.19. The van der Waals surface area contributed by atoms with Crippen molar-refractivity contribution in [2.75, 3.05) is 5.73 Å². The van der Waals surface area contributed by atoms with Crippen molar-refractivity contribution in [2.24, 2.45) is 0 Å². The summed E-state index contributed by atoms with van der Waals surface area (Å²) in [6, 6.07) is 14.6. The molecule has 0 fully saturated rings. The van der Waals surface area contributed by atoms with E-state index in [0.717, 1.165) is 5.75 Å². The van der Waals surface area contributed by atoms with Crippen molar-refractivity contribution in [1.29, 1.82) is 0 Å². The van der Waals surface area contributed by atoms with Crippen molar-refractivity contribution in [2.45, 2.75) is 36.8 Å². The number of hydrogen-bond acceptors (Lipinski definition) is 2. The van der Waals surface area contributed by atoms with Crippen LogP contribution in [0.4, 0.5) is 5.69 Å². The zero-order valence-electron chi connectivity index (χ0n) is 12.1. The minimum Gasteiger partial charge on any atom is -0.398 e. The minimum atomic E-state index is 0.202. The summed E-state index contributed by atoms with van der Waals surface area (Å²) in [6.45, 7) is 6.68. The fourth-order valence-corrected chi connectivity index (χ4v) is 2.86. The zero-order chi connectivity index (χ0) is 14.8. The topological polar surface area (TPSA) is 26.0 Å². The first-order chi connectivity index (χ1) is 9.36. The molecule has 0 aliphatic carbocycles. The summed E-state index contributed by atoms with van der Waals surface area (Å²) >= 11 is 7.73. The molecule has 0 atom stereocenters. The second kappa shape index (κ2) is 6.11. The molecule has 0 heterocycles. The molecule has 2 aromatic rings. The summed E-state index contributed by atoms with van der Waals surface area (Å²) in [4.78, 5) is 1.27. The molecule has 0 spiro atoms. The van der Waals surface area contributed by atoms with Gasteiger partial charge in [-0.25, -0.2) is 0 Å². The summed E-state index contributed by atoms with van der Waals surface area (Å²) in [6.07, 6.45) is 0. The number of nitrogens with two attached hydrogens (primary N) is 1. The largest absolute Gasteiger partial charge is 0.398 e. The molecule has 3 heteroatoms. The predicted molar refractivity (Wildman–Crippen MR) is 90.6 cm³/mol. The molecule has 0 bridgehead atoms. The van der Waals surface area contributed by atoms with Gasteiger partial charge in [0.05, 0.1) is 10.7 Å². The van der Waals surface area contributed by atoms with Crippen molar-refractivity contribution in [3.8, 4) is 0 Å². The van der Waals surface area contributed by atoms with E-state index in [1.165, 1.54) is 16.0 Å². The van der Waals surface area contributed by atoms with Crippen molar-refractivity contribution >= 4 is 29.1 Å². The maximum Gasteiger partial charge on any atom is 0.0635 e. The van der Waals surface area contributed by atoms with Crippen LogP contribution < -0.4 is 5.73 Å². The third-order valence-corrected chi connectivity index (χ3v) is 4.61. The molecule has 0 saturated heterocycles. The molecule has 20 heavy (non-hydrogen) atoms. The van der Waals surface area contributed by atoms with E-state index in [0.29, 0.717) is 10.7 Å². The SMILES string of the molecule is CC(C)(C)c1ccc(SCc2ccc(Cl)c(N)c2)cc1. The van der Waals surface area contributed by atoms with E-state index in [4.69, 9.17) is 17.3 Å². The molecule has 0 aliphatic heterocycles. The van der Waals surface area contributed by atoms with Gasteiger partial charge in [-0.3, -0.25) is 0 Å². The monoisotopic (exact) mass is 305 g/mol. The zero-order valence-corrected chi connectivity index (χ0v) is 13.7. The maximum absolute atomic E-state index is 5.93. The fourth-order valence-electron chi connectivity index (χ4n) is 1.90. The van der Waals surface area contributed by atoms with E-state index < -0.39 is 0 Å². The van der Waals surface area contributed by atoms with Gasteiger partial charge in [-0.15, -0.1) is 11.8 Å². The van der Waals surface area contributed by atoms with Gasteiger partial charge in [-0.1, -0.05) is 50.6 Å². The van der Waals surface area contributed by atoms with Crippen LogP contribution in [-0.2, 0) is 11.2 Å². The number of halogens is 1. The molecule has 0 radical (unpaired) electrons. The molecular weight excluding hydrogens is 286 g/mol. The van der Waals surface area contributed by atoms with Gasteiger partial charge < -0.3 is 5.73 Å². The van der Waals surface area contributed by atoms with E-state index in [1.807, 2.05) is 30.0 Å². The van der Waals surface area contributed by atoms with Crippen LogP contribution >= 0.6 is 23.4 Å². The van der Waals surface area contributed by atoms with E-state index in [-0.39, 0.29) is 5.41 Å². The molecule has 2 aromatic carbocycles. The van der Waals surface area contributed by atoms with Gasteiger partial charge in [0.15, 0.2) is 0 Å². The van der Waals surface area contributed by atoms with E-state index in [1.54, 1.807) is 0 Å². The Labute approximate surface area is 130 Å². The molecule has 0 aromatic heterocycles. The van der Waals surface area contributed by atoms with Crippen LogP contribution in [-0.4, -0.2) is 0 Å². The minimum absolute atomic E-state index is 0.202. The number of rotatable bonds is 3. The Bertz CT molecular complexity index is 585. The van der Waals surface area contributed by atoms with Crippen LogP contribution in [0.2, 0.25) is 5.02 Å². The highest BCUT2D eigenvalue weighted by Crippen LogP contribution is 2.28. The highest BCUT2D eigenvalue weighted by atomic mass is 35.5. The van der Waals surface area contributed by atoms with Crippen LogP contribution in [0.1, 0.15) is 31.9 Å². The molecular formula is C17H20ClNS. The van der Waals surface area contributed by atoms with Gasteiger partial charge >= 0.3 is 0 Å². The molecule has 2 rings (SSSR count). The highest BCUT2D eigenvalue weighted by molar-refractivity contribution is 7.98. The Hall–Kier alpha value is -1.12. The van der Waals surface area contributed by atoms with Gasteiger partial charge in [-0.05, 0) is 40.8 Å². The first-order valence-corrected chi connectivity index (χ1v) is 8.00. The highest BCUT2D eigenvalue weighted by Gasteiger charge is 2.12. The van der Waals surface area contributed by atoms with E-state index >= 15 is 0 Å². The molecule has 0 saturated carbocycles. The summed E-state index contributed by atoms with van der Waals surface area (Å²) in [5.41, 5.74) is 9.21.